The van der Waals surface area contributed by atoms with Gasteiger partial charge in [0, 0.05) is 22.0 Å². The maximum Gasteiger partial charge on any atom is 0.306 e. The summed E-state index contributed by atoms with van der Waals surface area (Å²) in [5.74, 6) is -0.506. The molecule has 1 heterocycles. The van der Waals surface area contributed by atoms with Crippen LogP contribution in [0, 0.1) is 0 Å². The highest BCUT2D eigenvalue weighted by molar-refractivity contribution is 7.12. The van der Waals surface area contributed by atoms with E-state index >= 15 is 0 Å². The van der Waals surface area contributed by atoms with Crippen LogP contribution in [-0.2, 0) is 16.1 Å². The number of carbonyl (C=O) groups is 2. The second-order valence-electron chi connectivity index (χ2n) is 4.26. The van der Waals surface area contributed by atoms with Crippen LogP contribution in [0.1, 0.15) is 28.1 Å². The second-order valence-corrected chi connectivity index (χ2v) is 6.02. The van der Waals surface area contributed by atoms with Crippen LogP contribution in [0.15, 0.2) is 35.7 Å². The molecule has 0 aliphatic carbocycles. The number of thiophene rings is 1. The lowest BCUT2D eigenvalue weighted by Crippen LogP contribution is -2.08. The van der Waals surface area contributed by atoms with Crippen LogP contribution in [0.4, 0.5) is 0 Å². The zero-order valence-corrected chi connectivity index (χ0v) is 13.3. The van der Waals surface area contributed by atoms with Crippen molar-refractivity contribution in [3.05, 3.63) is 56.2 Å². The van der Waals surface area contributed by atoms with Crippen molar-refractivity contribution in [1.82, 2.24) is 0 Å². The Morgan fingerprint density at radius 1 is 1.05 bits per heavy atom. The van der Waals surface area contributed by atoms with Crippen molar-refractivity contribution in [3.63, 3.8) is 0 Å². The second kappa shape index (κ2) is 7.59. The first-order valence-electron chi connectivity index (χ1n) is 6.23. The minimum Gasteiger partial charge on any atom is -0.461 e. The normalized spacial score (nSPS) is 10.4. The lowest BCUT2D eigenvalue weighted by Gasteiger charge is -2.08. The maximum atomic E-state index is 11.8. The van der Waals surface area contributed by atoms with Gasteiger partial charge in [-0.2, -0.15) is 0 Å². The van der Waals surface area contributed by atoms with Gasteiger partial charge in [-0.15, -0.1) is 11.3 Å². The zero-order valence-electron chi connectivity index (χ0n) is 11.0. The van der Waals surface area contributed by atoms with Gasteiger partial charge in [0.05, 0.1) is 11.3 Å². The number of rotatable bonds is 6. The molecule has 2 aromatic rings. The van der Waals surface area contributed by atoms with E-state index in [2.05, 4.69) is 0 Å². The van der Waals surface area contributed by atoms with Gasteiger partial charge in [-0.3, -0.25) is 9.59 Å². The van der Waals surface area contributed by atoms with Crippen LogP contribution in [0.25, 0.3) is 0 Å². The Kier molecular flexibility index (Phi) is 5.79. The van der Waals surface area contributed by atoms with E-state index in [9.17, 15) is 9.59 Å². The van der Waals surface area contributed by atoms with Crippen molar-refractivity contribution in [1.29, 1.82) is 0 Å². The van der Waals surface area contributed by atoms with Crippen molar-refractivity contribution >= 4 is 46.3 Å². The van der Waals surface area contributed by atoms with Crippen LogP contribution in [0.2, 0.25) is 10.0 Å². The molecular weight excluding hydrogens is 331 g/mol. The van der Waals surface area contributed by atoms with Gasteiger partial charge in [0.2, 0.25) is 0 Å². The number of carbonyl (C=O) groups excluding carboxylic acids is 2. The molecule has 21 heavy (non-hydrogen) atoms. The highest BCUT2D eigenvalue weighted by Gasteiger charge is 2.12. The number of ketones is 1. The van der Waals surface area contributed by atoms with Crippen molar-refractivity contribution in [2.45, 2.75) is 19.4 Å². The molecule has 2 rings (SSSR count). The van der Waals surface area contributed by atoms with E-state index < -0.39 is 5.97 Å². The summed E-state index contributed by atoms with van der Waals surface area (Å²) in [6.45, 7) is 0.00450. The van der Waals surface area contributed by atoms with Crippen LogP contribution in [-0.4, -0.2) is 11.8 Å². The summed E-state index contributed by atoms with van der Waals surface area (Å²) >= 11 is 13.3. The molecule has 0 radical (unpaired) electrons. The van der Waals surface area contributed by atoms with Crippen LogP contribution in [0.3, 0.4) is 0 Å². The minimum absolute atomic E-state index is 0.00450. The molecule has 0 amide bonds. The fourth-order valence-electron chi connectivity index (χ4n) is 1.67. The molecule has 1 aromatic heterocycles. The molecule has 0 saturated carbocycles. The Labute approximate surface area is 136 Å². The van der Waals surface area contributed by atoms with Gasteiger partial charge in [0.25, 0.3) is 0 Å². The number of esters is 1. The summed E-state index contributed by atoms with van der Waals surface area (Å²) in [6.07, 6.45) is 0.175. The number of benzene rings is 1. The van der Waals surface area contributed by atoms with Gasteiger partial charge in [-0.1, -0.05) is 35.3 Å². The molecule has 0 unspecified atom stereocenters. The third-order valence-electron chi connectivity index (χ3n) is 2.79. The lowest BCUT2D eigenvalue weighted by molar-refractivity contribution is -0.144. The fourth-order valence-corrected chi connectivity index (χ4v) is 2.87. The summed E-state index contributed by atoms with van der Waals surface area (Å²) in [5, 5.41) is 2.72. The fraction of sp³-hybridized carbons (Fsp3) is 0.200. The largest absolute Gasteiger partial charge is 0.461 e. The molecule has 0 N–H and O–H groups in total. The number of hydrogen-bond donors (Lipinski definition) is 0. The van der Waals surface area contributed by atoms with Gasteiger partial charge >= 0.3 is 5.97 Å². The summed E-state index contributed by atoms with van der Waals surface area (Å²) in [6, 6.07) is 8.61. The van der Waals surface area contributed by atoms with Crippen LogP contribution < -0.4 is 0 Å². The number of hydrogen-bond acceptors (Lipinski definition) is 4. The van der Waals surface area contributed by atoms with Gasteiger partial charge in [0.15, 0.2) is 5.78 Å². The molecule has 0 atom stereocenters. The molecule has 0 saturated heterocycles. The molecular formula is C15H12Cl2O3S. The summed E-state index contributed by atoms with van der Waals surface area (Å²) in [5.41, 5.74) is 0.568. The molecule has 0 fully saturated rings. The summed E-state index contributed by atoms with van der Waals surface area (Å²) in [7, 11) is 0. The van der Waals surface area contributed by atoms with E-state index in [1.54, 1.807) is 30.3 Å². The van der Waals surface area contributed by atoms with Gasteiger partial charge in [-0.05, 0) is 23.6 Å². The van der Waals surface area contributed by atoms with Gasteiger partial charge in [0.1, 0.15) is 6.61 Å². The van der Waals surface area contributed by atoms with E-state index in [-0.39, 0.29) is 25.2 Å². The number of halogens is 2. The monoisotopic (exact) mass is 342 g/mol. The molecule has 0 bridgehead atoms. The van der Waals surface area contributed by atoms with Gasteiger partial charge in [-0.25, -0.2) is 0 Å². The van der Waals surface area contributed by atoms with Crippen molar-refractivity contribution in [2.24, 2.45) is 0 Å². The molecule has 1 aromatic carbocycles. The minimum atomic E-state index is -0.448. The predicted octanol–water partition coefficient (Wildman–Crippen LogP) is 4.76. The van der Waals surface area contributed by atoms with Crippen molar-refractivity contribution in [2.75, 3.05) is 0 Å². The van der Waals surface area contributed by atoms with E-state index in [1.165, 1.54) is 11.3 Å². The van der Waals surface area contributed by atoms with Gasteiger partial charge < -0.3 is 4.74 Å². The Morgan fingerprint density at radius 2 is 1.76 bits per heavy atom. The third kappa shape index (κ3) is 4.56. The Morgan fingerprint density at radius 3 is 2.38 bits per heavy atom. The van der Waals surface area contributed by atoms with Crippen LogP contribution in [0.5, 0.6) is 0 Å². The predicted molar refractivity (Wildman–Crippen MR) is 84.1 cm³/mol. The standard InChI is InChI=1S/C15H12Cl2O3S/c16-11-3-1-4-12(17)10(11)9-20-15(19)7-6-13(18)14-5-2-8-21-14/h1-5,8H,6-7,9H2. The Bertz CT molecular complexity index is 618. The highest BCUT2D eigenvalue weighted by Crippen LogP contribution is 2.25. The molecule has 0 spiro atoms. The number of Topliss-reactive ketones (excluding diaryl/α,β-unsaturated/α-hetero) is 1. The number of ether oxygens (including phenoxy) is 1. The van der Waals surface area contributed by atoms with Crippen molar-refractivity contribution in [3.8, 4) is 0 Å². The lowest BCUT2D eigenvalue weighted by atomic mass is 10.2. The van der Waals surface area contributed by atoms with E-state index in [0.29, 0.717) is 20.5 Å². The smallest absolute Gasteiger partial charge is 0.306 e. The maximum absolute atomic E-state index is 11.8. The summed E-state index contributed by atoms with van der Waals surface area (Å²) < 4.78 is 5.10. The Balaban J connectivity index is 1.81. The first-order valence-corrected chi connectivity index (χ1v) is 7.86. The highest BCUT2D eigenvalue weighted by atomic mass is 35.5. The van der Waals surface area contributed by atoms with E-state index in [1.807, 2.05) is 5.38 Å². The first-order chi connectivity index (χ1) is 10.1. The first kappa shape index (κ1) is 16.0. The molecule has 0 aliphatic rings. The zero-order chi connectivity index (χ0) is 15.2. The van der Waals surface area contributed by atoms with E-state index in [4.69, 9.17) is 27.9 Å². The molecule has 3 nitrogen and oxygen atoms in total. The topological polar surface area (TPSA) is 43.4 Å². The average molecular weight is 343 g/mol. The molecule has 6 heteroatoms. The molecule has 110 valence electrons. The quantitative estimate of drug-likeness (QED) is 0.561. The van der Waals surface area contributed by atoms with Crippen LogP contribution >= 0.6 is 34.5 Å². The van der Waals surface area contributed by atoms with Crippen molar-refractivity contribution < 1.29 is 14.3 Å². The average Bonchev–Trinajstić information content (AvgIpc) is 2.98. The van der Waals surface area contributed by atoms with E-state index in [0.717, 1.165) is 0 Å². The SMILES string of the molecule is O=C(CCC(=O)c1cccs1)OCc1c(Cl)cccc1Cl. The molecule has 0 aliphatic heterocycles. The summed E-state index contributed by atoms with van der Waals surface area (Å²) in [4.78, 5) is 24.1. The Hall–Kier alpha value is -1.36. The third-order valence-corrected chi connectivity index (χ3v) is 4.41.